The van der Waals surface area contributed by atoms with E-state index in [-0.39, 0.29) is 18.2 Å². The van der Waals surface area contributed by atoms with Crippen LogP contribution in [0.2, 0.25) is 0 Å². The van der Waals surface area contributed by atoms with Crippen LogP contribution in [0.25, 0.3) is 0 Å². The van der Waals surface area contributed by atoms with Gasteiger partial charge < -0.3 is 0 Å². The fraction of sp³-hybridized carbons (Fsp3) is 0.148. The second-order valence-electron chi connectivity index (χ2n) is 7.73. The topological polar surface area (TPSA) is 28.2 Å². The Morgan fingerprint density at radius 3 is 1.90 bits per heavy atom. The molecule has 3 heteroatoms. The van der Waals surface area contributed by atoms with Gasteiger partial charge in [0, 0.05) is 12.7 Å². The molecule has 0 aliphatic carbocycles. The Kier molecular flexibility index (Phi) is 5.38. The summed E-state index contributed by atoms with van der Waals surface area (Å²) in [4.78, 5) is 7.25. The molecule has 3 aromatic carbocycles. The number of hydrogen-bond donors (Lipinski definition) is 1. The second-order valence-corrected chi connectivity index (χ2v) is 7.73. The minimum Gasteiger partial charge on any atom is -0.288 e. The smallest absolute Gasteiger partial charge is 0.105 e. The van der Waals surface area contributed by atoms with Gasteiger partial charge in [-0.3, -0.25) is 15.2 Å². The van der Waals surface area contributed by atoms with Crippen LogP contribution in [-0.4, -0.2) is 9.88 Å². The average Bonchev–Trinajstić information content (AvgIpc) is 3.20. The molecule has 0 saturated carbocycles. The Morgan fingerprint density at radius 1 is 0.667 bits per heavy atom. The molecular weight excluding hydrogens is 366 g/mol. The molecule has 1 N–H and O–H groups in total. The minimum atomic E-state index is 0.0295. The summed E-state index contributed by atoms with van der Waals surface area (Å²) in [6.45, 7) is 0.845. The van der Waals surface area contributed by atoms with Gasteiger partial charge in [-0.25, -0.2) is 0 Å². The van der Waals surface area contributed by atoms with E-state index in [0.29, 0.717) is 0 Å². The second kappa shape index (κ2) is 8.62. The highest BCUT2D eigenvalue weighted by Gasteiger charge is 2.43. The van der Waals surface area contributed by atoms with Crippen LogP contribution in [0.1, 0.15) is 40.6 Å². The van der Waals surface area contributed by atoms with Crippen molar-refractivity contribution in [1.29, 1.82) is 0 Å². The maximum Gasteiger partial charge on any atom is 0.105 e. The summed E-state index contributed by atoms with van der Waals surface area (Å²) in [7, 11) is 0. The van der Waals surface area contributed by atoms with Crippen LogP contribution in [0.3, 0.4) is 0 Å². The third-order valence-corrected chi connectivity index (χ3v) is 5.82. The summed E-state index contributed by atoms with van der Waals surface area (Å²) in [6.07, 6.45) is 1.91. The molecule has 1 aliphatic heterocycles. The van der Waals surface area contributed by atoms with Gasteiger partial charge in [-0.15, -0.1) is 0 Å². The molecule has 2 heterocycles. The summed E-state index contributed by atoms with van der Waals surface area (Å²) in [5.74, 6) is 0. The van der Waals surface area contributed by atoms with Crippen molar-refractivity contribution in [2.75, 3.05) is 0 Å². The van der Waals surface area contributed by atoms with Crippen molar-refractivity contribution in [3.05, 3.63) is 138 Å². The minimum absolute atomic E-state index is 0.0295. The van der Waals surface area contributed by atoms with E-state index in [9.17, 15) is 0 Å². The van der Waals surface area contributed by atoms with Gasteiger partial charge >= 0.3 is 0 Å². The Balaban J connectivity index is 1.62. The zero-order chi connectivity index (χ0) is 20.2. The third-order valence-electron chi connectivity index (χ3n) is 5.82. The lowest BCUT2D eigenvalue weighted by molar-refractivity contribution is 0.173. The van der Waals surface area contributed by atoms with Crippen molar-refractivity contribution in [3.8, 4) is 0 Å². The van der Waals surface area contributed by atoms with Gasteiger partial charge in [0.25, 0.3) is 0 Å². The fourth-order valence-corrected chi connectivity index (χ4v) is 4.46. The molecule has 3 atom stereocenters. The van der Waals surface area contributed by atoms with Crippen molar-refractivity contribution >= 4 is 0 Å². The Bertz CT molecular complexity index is 1050. The Labute approximate surface area is 178 Å². The van der Waals surface area contributed by atoms with Gasteiger partial charge in [0.05, 0.1) is 17.8 Å². The first-order valence-electron chi connectivity index (χ1n) is 10.5. The zero-order valence-electron chi connectivity index (χ0n) is 16.8. The fourth-order valence-electron chi connectivity index (χ4n) is 4.46. The number of benzene rings is 3. The number of aromatic nitrogens is 1. The normalized spacial score (nSPS) is 21.5. The number of pyridine rings is 1. The molecule has 0 unspecified atom stereocenters. The number of nitrogens with zero attached hydrogens (tertiary/aromatic N) is 2. The number of rotatable bonds is 5. The summed E-state index contributed by atoms with van der Waals surface area (Å²) in [5, 5.41) is 3.91. The Hall–Kier alpha value is -3.27. The zero-order valence-corrected chi connectivity index (χ0v) is 16.8. The van der Waals surface area contributed by atoms with Gasteiger partial charge in [0.2, 0.25) is 0 Å². The molecule has 1 fully saturated rings. The lowest BCUT2D eigenvalue weighted by atomic mass is 9.93. The van der Waals surface area contributed by atoms with Gasteiger partial charge in [-0.05, 0) is 28.8 Å². The maximum atomic E-state index is 4.70. The van der Waals surface area contributed by atoms with Crippen LogP contribution in [0.4, 0.5) is 0 Å². The molecule has 0 spiro atoms. The van der Waals surface area contributed by atoms with E-state index in [1.807, 2.05) is 12.3 Å². The largest absolute Gasteiger partial charge is 0.288 e. The molecule has 1 aromatic heterocycles. The summed E-state index contributed by atoms with van der Waals surface area (Å²) < 4.78 is 0. The predicted octanol–water partition coefficient (Wildman–Crippen LogP) is 5.67. The third kappa shape index (κ3) is 3.78. The highest BCUT2D eigenvalue weighted by atomic mass is 15.4. The van der Waals surface area contributed by atoms with E-state index in [0.717, 1.165) is 12.2 Å². The number of hydrogen-bond acceptors (Lipinski definition) is 3. The molecule has 3 nitrogen and oxygen atoms in total. The highest BCUT2D eigenvalue weighted by molar-refractivity contribution is 5.32. The molecule has 1 aliphatic rings. The Morgan fingerprint density at radius 2 is 1.27 bits per heavy atom. The molecule has 148 valence electrons. The molecule has 0 bridgehead atoms. The molecule has 30 heavy (non-hydrogen) atoms. The standard InChI is InChI=1S/C27H25N3/c1-4-12-21(13-5-1)20-30-26(23-16-8-3-9-17-23)25(22-14-6-2-7-15-22)29-27(30)24-18-10-11-19-28-24/h1-19,25-27,29H,20H2/t25-,26-,27+/m0/s1. The summed E-state index contributed by atoms with van der Waals surface area (Å²) >= 11 is 0. The van der Waals surface area contributed by atoms with E-state index in [1.54, 1.807) is 0 Å². The van der Waals surface area contributed by atoms with Crippen LogP contribution in [0, 0.1) is 0 Å². The van der Waals surface area contributed by atoms with E-state index in [4.69, 9.17) is 4.98 Å². The highest BCUT2D eigenvalue weighted by Crippen LogP contribution is 2.45. The first kappa shape index (κ1) is 18.7. The van der Waals surface area contributed by atoms with Crippen molar-refractivity contribution in [2.45, 2.75) is 24.8 Å². The van der Waals surface area contributed by atoms with Crippen molar-refractivity contribution in [2.24, 2.45) is 0 Å². The summed E-state index contributed by atoms with van der Waals surface area (Å²) in [5.41, 5.74) is 4.96. The van der Waals surface area contributed by atoms with Crippen LogP contribution in [0.15, 0.2) is 115 Å². The van der Waals surface area contributed by atoms with Gasteiger partial charge in [0.15, 0.2) is 0 Å². The molecule has 1 saturated heterocycles. The van der Waals surface area contributed by atoms with Gasteiger partial charge in [-0.1, -0.05) is 97.1 Å². The van der Waals surface area contributed by atoms with E-state index in [1.165, 1.54) is 16.7 Å². The summed E-state index contributed by atoms with van der Waals surface area (Å²) in [6, 6.07) is 38.8. The van der Waals surface area contributed by atoms with Crippen LogP contribution in [-0.2, 0) is 6.54 Å². The molecule has 5 rings (SSSR count). The molecule has 0 amide bonds. The SMILES string of the molecule is c1ccc(CN2[C@H](c3ccccn3)N[C@@H](c3ccccc3)[C@@H]2c2ccccc2)cc1. The predicted molar refractivity (Wildman–Crippen MR) is 120 cm³/mol. The van der Waals surface area contributed by atoms with Crippen molar-refractivity contribution in [1.82, 2.24) is 15.2 Å². The molecular formula is C27H25N3. The van der Waals surface area contributed by atoms with Gasteiger partial charge in [-0.2, -0.15) is 0 Å². The first-order valence-corrected chi connectivity index (χ1v) is 10.5. The van der Waals surface area contributed by atoms with Crippen LogP contribution in [0.5, 0.6) is 0 Å². The van der Waals surface area contributed by atoms with Gasteiger partial charge in [0.1, 0.15) is 6.17 Å². The lowest BCUT2D eigenvalue weighted by Crippen LogP contribution is -2.29. The molecule has 4 aromatic rings. The monoisotopic (exact) mass is 391 g/mol. The van der Waals surface area contributed by atoms with Crippen molar-refractivity contribution in [3.63, 3.8) is 0 Å². The number of nitrogens with one attached hydrogen (secondary N) is 1. The van der Waals surface area contributed by atoms with E-state index < -0.39 is 0 Å². The van der Waals surface area contributed by atoms with Crippen LogP contribution < -0.4 is 5.32 Å². The van der Waals surface area contributed by atoms with E-state index in [2.05, 4.69) is 113 Å². The molecule has 0 radical (unpaired) electrons. The van der Waals surface area contributed by atoms with E-state index >= 15 is 0 Å². The average molecular weight is 392 g/mol. The maximum absolute atomic E-state index is 4.70. The quantitative estimate of drug-likeness (QED) is 0.475. The lowest BCUT2D eigenvalue weighted by Gasteiger charge is -2.30. The van der Waals surface area contributed by atoms with Crippen LogP contribution >= 0.6 is 0 Å². The van der Waals surface area contributed by atoms with Crippen molar-refractivity contribution < 1.29 is 0 Å². The first-order chi connectivity index (χ1) is 14.9.